The Morgan fingerprint density at radius 3 is 2.48 bits per heavy atom. The molecule has 0 bridgehead atoms. The largest absolute Gasteiger partial charge is 0.467 e. The topological polar surface area (TPSA) is 84.9 Å². The molecule has 0 aromatic heterocycles. The van der Waals surface area contributed by atoms with E-state index in [2.05, 4.69) is 17.4 Å². The van der Waals surface area contributed by atoms with Gasteiger partial charge in [-0.2, -0.15) is 0 Å². The fraction of sp³-hybridized carbons (Fsp3) is 0.591. The SMILES string of the molecule is COC(=O)[C@@H]1C[C@@H](Cc2ccccc2)[C@H]2CC[C@H](NC(=O)OC(C)(C)C)C(=O)N21. The summed E-state index contributed by atoms with van der Waals surface area (Å²) >= 11 is 0. The fourth-order valence-corrected chi connectivity index (χ4v) is 4.41. The summed E-state index contributed by atoms with van der Waals surface area (Å²) in [6, 6.07) is 8.74. The molecule has 2 fully saturated rings. The maximum Gasteiger partial charge on any atom is 0.408 e. The molecule has 2 aliphatic rings. The molecule has 2 heterocycles. The number of alkyl carbamates (subject to hydrolysis) is 1. The van der Waals surface area contributed by atoms with Crippen molar-refractivity contribution in [2.45, 2.75) is 70.2 Å². The number of esters is 1. The Balaban J connectivity index is 1.75. The lowest BCUT2D eigenvalue weighted by Crippen LogP contribution is -2.58. The zero-order valence-corrected chi connectivity index (χ0v) is 17.5. The van der Waals surface area contributed by atoms with Crippen molar-refractivity contribution in [3.63, 3.8) is 0 Å². The first-order valence-electron chi connectivity index (χ1n) is 10.1. The zero-order valence-electron chi connectivity index (χ0n) is 17.5. The van der Waals surface area contributed by atoms with Crippen LogP contribution in [0, 0.1) is 5.92 Å². The number of ether oxygens (including phenoxy) is 2. The summed E-state index contributed by atoms with van der Waals surface area (Å²) in [5.74, 6) is -0.470. The van der Waals surface area contributed by atoms with Crippen molar-refractivity contribution in [2.75, 3.05) is 7.11 Å². The van der Waals surface area contributed by atoms with Crippen LogP contribution in [0.4, 0.5) is 4.79 Å². The smallest absolute Gasteiger partial charge is 0.408 e. The van der Waals surface area contributed by atoms with E-state index in [0.717, 1.165) is 12.8 Å². The number of hydrogen-bond acceptors (Lipinski definition) is 5. The number of nitrogens with one attached hydrogen (secondary N) is 1. The molecule has 3 rings (SSSR count). The zero-order chi connectivity index (χ0) is 21.2. The predicted octanol–water partition coefficient (Wildman–Crippen LogP) is 2.67. The normalized spacial score (nSPS) is 26.6. The minimum absolute atomic E-state index is 0.0384. The van der Waals surface area contributed by atoms with Crippen molar-refractivity contribution in [3.8, 4) is 0 Å². The van der Waals surface area contributed by atoms with Gasteiger partial charge in [-0.3, -0.25) is 4.79 Å². The first-order valence-corrected chi connectivity index (χ1v) is 10.1. The standard InChI is InChI=1S/C22H30N2O5/c1-22(2,3)29-21(27)23-16-10-11-17-15(12-14-8-6-5-7-9-14)13-18(20(26)28-4)24(17)19(16)25/h5-9,15-18H,10-13H2,1-4H3,(H,23,27)/t15-,16+,17-,18+/m1/s1. The van der Waals surface area contributed by atoms with Gasteiger partial charge in [-0.05, 0) is 57.9 Å². The van der Waals surface area contributed by atoms with Gasteiger partial charge in [0, 0.05) is 6.04 Å². The van der Waals surface area contributed by atoms with Gasteiger partial charge >= 0.3 is 12.1 Å². The number of carbonyl (C=O) groups excluding carboxylic acids is 3. The lowest BCUT2D eigenvalue weighted by atomic mass is 9.86. The van der Waals surface area contributed by atoms with E-state index in [1.165, 1.54) is 12.7 Å². The van der Waals surface area contributed by atoms with Gasteiger partial charge in [-0.15, -0.1) is 0 Å². The monoisotopic (exact) mass is 402 g/mol. The van der Waals surface area contributed by atoms with E-state index < -0.39 is 29.7 Å². The van der Waals surface area contributed by atoms with Gasteiger partial charge in [0.25, 0.3) is 0 Å². The number of fused-ring (bicyclic) bond motifs is 1. The van der Waals surface area contributed by atoms with Crippen molar-refractivity contribution in [2.24, 2.45) is 5.92 Å². The fourth-order valence-electron chi connectivity index (χ4n) is 4.41. The summed E-state index contributed by atoms with van der Waals surface area (Å²) in [5.41, 5.74) is 0.539. The second kappa shape index (κ2) is 8.43. The first kappa shape index (κ1) is 21.1. The number of amides is 2. The van der Waals surface area contributed by atoms with Crippen LogP contribution < -0.4 is 5.32 Å². The molecule has 0 spiro atoms. The van der Waals surface area contributed by atoms with Crippen molar-refractivity contribution >= 4 is 18.0 Å². The lowest BCUT2D eigenvalue weighted by molar-refractivity contribution is -0.154. The van der Waals surface area contributed by atoms with E-state index in [1.807, 2.05) is 18.2 Å². The summed E-state index contributed by atoms with van der Waals surface area (Å²) < 4.78 is 10.3. The van der Waals surface area contributed by atoms with Crippen LogP contribution in [0.5, 0.6) is 0 Å². The molecule has 2 amide bonds. The molecule has 7 nitrogen and oxygen atoms in total. The van der Waals surface area contributed by atoms with E-state index in [1.54, 1.807) is 25.7 Å². The quantitative estimate of drug-likeness (QED) is 0.783. The van der Waals surface area contributed by atoms with Gasteiger partial charge in [-0.1, -0.05) is 30.3 Å². The van der Waals surface area contributed by atoms with Gasteiger partial charge < -0.3 is 19.7 Å². The van der Waals surface area contributed by atoms with Crippen molar-refractivity contribution in [1.29, 1.82) is 0 Å². The molecule has 2 aliphatic heterocycles. The molecule has 0 unspecified atom stereocenters. The molecule has 4 atom stereocenters. The Hall–Kier alpha value is -2.57. The molecule has 158 valence electrons. The van der Waals surface area contributed by atoms with Gasteiger partial charge in [0.05, 0.1) is 7.11 Å². The third-order valence-electron chi connectivity index (χ3n) is 5.57. The Morgan fingerprint density at radius 2 is 1.86 bits per heavy atom. The lowest BCUT2D eigenvalue weighted by Gasteiger charge is -2.38. The second-order valence-electron chi connectivity index (χ2n) is 8.81. The summed E-state index contributed by atoms with van der Waals surface area (Å²) in [6.45, 7) is 5.31. The van der Waals surface area contributed by atoms with Crippen LogP contribution in [0.1, 0.15) is 45.6 Å². The third kappa shape index (κ3) is 4.89. The highest BCUT2D eigenvalue weighted by Gasteiger charge is 2.51. The average molecular weight is 402 g/mol. The van der Waals surface area contributed by atoms with E-state index in [-0.39, 0.29) is 17.9 Å². The van der Waals surface area contributed by atoms with Gasteiger partial charge in [0.2, 0.25) is 5.91 Å². The van der Waals surface area contributed by atoms with E-state index in [4.69, 9.17) is 9.47 Å². The minimum atomic E-state index is -0.691. The number of carbonyl (C=O) groups is 3. The van der Waals surface area contributed by atoms with Crippen LogP contribution in [0.3, 0.4) is 0 Å². The number of rotatable bonds is 4. The molecule has 1 N–H and O–H groups in total. The van der Waals surface area contributed by atoms with Crippen LogP contribution in [0.25, 0.3) is 0 Å². The van der Waals surface area contributed by atoms with Gasteiger partial charge in [0.1, 0.15) is 17.7 Å². The second-order valence-corrected chi connectivity index (χ2v) is 8.81. The van der Waals surface area contributed by atoms with Crippen molar-refractivity contribution in [1.82, 2.24) is 10.2 Å². The summed E-state index contributed by atoms with van der Waals surface area (Å²) in [4.78, 5) is 39.4. The number of methoxy groups -OCH3 is 1. The van der Waals surface area contributed by atoms with Crippen molar-refractivity contribution in [3.05, 3.63) is 35.9 Å². The van der Waals surface area contributed by atoms with Crippen LogP contribution in [0.15, 0.2) is 30.3 Å². The summed E-state index contributed by atoms with van der Waals surface area (Å²) in [6.07, 6.45) is 1.99. The Labute approximate surface area is 171 Å². The highest BCUT2D eigenvalue weighted by atomic mass is 16.6. The Kier molecular flexibility index (Phi) is 6.15. The maximum atomic E-state index is 13.2. The molecule has 0 saturated carbocycles. The van der Waals surface area contributed by atoms with Crippen LogP contribution in [-0.2, 0) is 25.5 Å². The third-order valence-corrected chi connectivity index (χ3v) is 5.57. The molecule has 0 radical (unpaired) electrons. The first-order chi connectivity index (χ1) is 13.7. The average Bonchev–Trinajstić information content (AvgIpc) is 3.02. The molecule has 1 aromatic rings. The van der Waals surface area contributed by atoms with Crippen LogP contribution in [-0.4, -0.2) is 53.7 Å². The highest BCUT2D eigenvalue weighted by molar-refractivity contribution is 5.91. The number of benzene rings is 1. The molecule has 29 heavy (non-hydrogen) atoms. The molecule has 0 aliphatic carbocycles. The number of piperidine rings is 1. The maximum absolute atomic E-state index is 13.2. The molecule has 7 heteroatoms. The number of nitrogens with zero attached hydrogens (tertiary/aromatic N) is 1. The van der Waals surface area contributed by atoms with E-state index in [9.17, 15) is 14.4 Å². The molecule has 1 aromatic carbocycles. The predicted molar refractivity (Wildman–Crippen MR) is 107 cm³/mol. The summed E-state index contributed by atoms with van der Waals surface area (Å²) in [5, 5.41) is 2.68. The minimum Gasteiger partial charge on any atom is -0.467 e. The van der Waals surface area contributed by atoms with Crippen molar-refractivity contribution < 1.29 is 23.9 Å². The molecule has 2 saturated heterocycles. The van der Waals surface area contributed by atoms with E-state index >= 15 is 0 Å². The summed E-state index contributed by atoms with van der Waals surface area (Å²) in [7, 11) is 1.34. The van der Waals surface area contributed by atoms with Crippen LogP contribution >= 0.6 is 0 Å². The number of hydrogen-bond donors (Lipinski definition) is 1. The molecular formula is C22H30N2O5. The Bertz CT molecular complexity index is 758. The highest BCUT2D eigenvalue weighted by Crippen LogP contribution is 2.39. The van der Waals surface area contributed by atoms with Gasteiger partial charge in [-0.25, -0.2) is 9.59 Å². The van der Waals surface area contributed by atoms with E-state index in [0.29, 0.717) is 12.8 Å². The Morgan fingerprint density at radius 1 is 1.17 bits per heavy atom. The van der Waals surface area contributed by atoms with Gasteiger partial charge in [0.15, 0.2) is 0 Å². The van der Waals surface area contributed by atoms with Crippen LogP contribution in [0.2, 0.25) is 0 Å². The molecular weight excluding hydrogens is 372 g/mol.